The molecule has 0 spiro atoms. The SMILES string of the molecule is C1=CC(c2cc(-c3ccccc3)nc(-c3cccc(-c4cc(-c5ccccc5)cc(-c5ccc6c7ccccc7c7ccccc7c6c5)c4)c3)n2)CCC1. The van der Waals surface area contributed by atoms with Gasteiger partial charge >= 0.3 is 0 Å². The Labute approximate surface area is 316 Å². The van der Waals surface area contributed by atoms with Gasteiger partial charge in [0.05, 0.1) is 11.4 Å². The second-order valence-electron chi connectivity index (χ2n) is 14.4. The minimum atomic E-state index is 0.299. The molecule has 1 unspecified atom stereocenters. The monoisotopic (exact) mass is 690 g/mol. The van der Waals surface area contributed by atoms with Crippen LogP contribution in [0.4, 0.5) is 0 Å². The summed E-state index contributed by atoms with van der Waals surface area (Å²) in [5, 5.41) is 7.70. The normalized spacial score (nSPS) is 14.2. The molecule has 1 aliphatic rings. The Bertz CT molecular complexity index is 2820. The van der Waals surface area contributed by atoms with Crippen LogP contribution in [0, 0.1) is 0 Å². The van der Waals surface area contributed by atoms with Gasteiger partial charge in [-0.05, 0) is 121 Å². The molecule has 0 amide bonds. The molecular weight excluding hydrogens is 653 g/mol. The van der Waals surface area contributed by atoms with Crippen molar-refractivity contribution in [2.24, 2.45) is 0 Å². The van der Waals surface area contributed by atoms with Crippen molar-refractivity contribution in [2.75, 3.05) is 0 Å². The molecule has 8 aromatic carbocycles. The molecule has 0 N–H and O–H groups in total. The first-order chi connectivity index (χ1) is 26.7. The molecule has 1 atom stereocenters. The summed E-state index contributed by atoms with van der Waals surface area (Å²) in [5.41, 5.74) is 11.2. The zero-order valence-corrected chi connectivity index (χ0v) is 30.0. The Balaban J connectivity index is 1.13. The lowest BCUT2D eigenvalue weighted by Crippen LogP contribution is -2.05. The van der Waals surface area contributed by atoms with Crippen molar-refractivity contribution in [3.8, 4) is 56.0 Å². The van der Waals surface area contributed by atoms with E-state index in [0.29, 0.717) is 5.92 Å². The smallest absolute Gasteiger partial charge is 0.160 e. The number of hydrogen-bond acceptors (Lipinski definition) is 2. The van der Waals surface area contributed by atoms with E-state index >= 15 is 0 Å². The fourth-order valence-electron chi connectivity index (χ4n) is 8.28. The van der Waals surface area contributed by atoms with Gasteiger partial charge in [-0.2, -0.15) is 0 Å². The van der Waals surface area contributed by atoms with E-state index in [1.807, 2.05) is 0 Å². The minimum Gasteiger partial charge on any atom is -0.232 e. The fraction of sp³-hybridized carbons (Fsp3) is 0.0769. The van der Waals surface area contributed by atoms with Crippen LogP contribution in [0.1, 0.15) is 30.9 Å². The molecule has 54 heavy (non-hydrogen) atoms. The third-order valence-corrected chi connectivity index (χ3v) is 11.0. The molecule has 0 bridgehead atoms. The zero-order valence-electron chi connectivity index (χ0n) is 30.0. The first-order valence-electron chi connectivity index (χ1n) is 19.0. The molecule has 1 aromatic heterocycles. The molecule has 9 aromatic rings. The minimum absolute atomic E-state index is 0.299. The molecule has 1 aliphatic carbocycles. The predicted molar refractivity (Wildman–Crippen MR) is 227 cm³/mol. The van der Waals surface area contributed by atoms with Crippen LogP contribution >= 0.6 is 0 Å². The second kappa shape index (κ2) is 13.7. The lowest BCUT2D eigenvalue weighted by atomic mass is 9.89. The molecule has 2 heteroatoms. The molecular formula is C52H38N2. The van der Waals surface area contributed by atoms with Crippen molar-refractivity contribution in [1.29, 1.82) is 0 Å². The summed E-state index contributed by atoms with van der Waals surface area (Å²) < 4.78 is 0. The van der Waals surface area contributed by atoms with E-state index in [4.69, 9.17) is 9.97 Å². The fourth-order valence-corrected chi connectivity index (χ4v) is 8.28. The maximum absolute atomic E-state index is 5.23. The summed E-state index contributed by atoms with van der Waals surface area (Å²) >= 11 is 0. The number of rotatable bonds is 6. The standard InChI is InChI=1S/C52H38N2/c1-4-15-35(16-5-1)41-30-42(32-43(31-41)39-27-28-48-46-25-11-10-23-44(46)45-24-12-13-26-47(45)49(48)33-39)38-21-14-22-40(29-38)52-53-50(36-17-6-2-7-18-36)34-51(54-52)37-19-8-3-9-20-37/h1-2,4-8,10-19,21-34,37H,3,9,20H2. The van der Waals surface area contributed by atoms with Gasteiger partial charge in [-0.25, -0.2) is 9.97 Å². The lowest BCUT2D eigenvalue weighted by molar-refractivity contribution is 0.640. The number of fused-ring (bicyclic) bond motifs is 6. The van der Waals surface area contributed by atoms with E-state index in [0.717, 1.165) is 52.3 Å². The summed E-state index contributed by atoms with van der Waals surface area (Å²) in [6, 6.07) is 63.7. The van der Waals surface area contributed by atoms with E-state index in [2.05, 4.69) is 188 Å². The van der Waals surface area contributed by atoms with Gasteiger partial charge in [0.1, 0.15) is 0 Å². The summed E-state index contributed by atoms with van der Waals surface area (Å²) in [6.45, 7) is 0. The van der Waals surface area contributed by atoms with Crippen LogP contribution in [0.5, 0.6) is 0 Å². The largest absolute Gasteiger partial charge is 0.232 e. The van der Waals surface area contributed by atoms with Crippen LogP contribution in [0.3, 0.4) is 0 Å². The average Bonchev–Trinajstić information content (AvgIpc) is 3.27. The molecule has 2 nitrogen and oxygen atoms in total. The van der Waals surface area contributed by atoms with Crippen LogP contribution in [-0.4, -0.2) is 9.97 Å². The number of hydrogen-bond donors (Lipinski definition) is 0. The Morgan fingerprint density at radius 3 is 1.54 bits per heavy atom. The molecule has 0 aliphatic heterocycles. The highest BCUT2D eigenvalue weighted by molar-refractivity contribution is 6.25. The molecule has 0 fully saturated rings. The lowest BCUT2D eigenvalue weighted by Gasteiger charge is -2.18. The van der Waals surface area contributed by atoms with Crippen molar-refractivity contribution in [2.45, 2.75) is 25.2 Å². The highest BCUT2D eigenvalue weighted by Crippen LogP contribution is 2.40. The van der Waals surface area contributed by atoms with Crippen LogP contribution in [0.2, 0.25) is 0 Å². The Morgan fingerprint density at radius 1 is 0.370 bits per heavy atom. The molecule has 0 saturated carbocycles. The van der Waals surface area contributed by atoms with Gasteiger partial charge in [0.2, 0.25) is 0 Å². The Kier molecular flexibility index (Phi) is 8.15. The topological polar surface area (TPSA) is 25.8 Å². The summed E-state index contributed by atoms with van der Waals surface area (Å²) in [7, 11) is 0. The van der Waals surface area contributed by atoms with E-state index in [1.54, 1.807) is 0 Å². The first-order valence-corrected chi connectivity index (χ1v) is 19.0. The van der Waals surface area contributed by atoms with Gasteiger partial charge in [-0.1, -0.05) is 152 Å². The second-order valence-corrected chi connectivity index (χ2v) is 14.4. The molecule has 0 saturated heterocycles. The number of nitrogens with zero attached hydrogens (tertiary/aromatic N) is 2. The predicted octanol–water partition coefficient (Wildman–Crippen LogP) is 14.1. The highest BCUT2D eigenvalue weighted by atomic mass is 14.9. The molecule has 1 heterocycles. The number of allylic oxidation sites excluding steroid dienone is 2. The van der Waals surface area contributed by atoms with E-state index in [1.165, 1.54) is 61.0 Å². The van der Waals surface area contributed by atoms with E-state index < -0.39 is 0 Å². The quantitative estimate of drug-likeness (QED) is 0.128. The van der Waals surface area contributed by atoms with Gasteiger partial charge in [0, 0.05) is 17.0 Å². The molecule has 256 valence electrons. The summed E-state index contributed by atoms with van der Waals surface area (Å²) in [5.74, 6) is 1.06. The van der Waals surface area contributed by atoms with Crippen molar-refractivity contribution in [3.63, 3.8) is 0 Å². The van der Waals surface area contributed by atoms with Gasteiger partial charge in [0.15, 0.2) is 5.82 Å². The van der Waals surface area contributed by atoms with Crippen molar-refractivity contribution < 1.29 is 0 Å². The van der Waals surface area contributed by atoms with Crippen LogP contribution in [0.25, 0.3) is 88.3 Å². The maximum Gasteiger partial charge on any atom is 0.160 e. The van der Waals surface area contributed by atoms with Crippen molar-refractivity contribution in [1.82, 2.24) is 9.97 Å². The molecule has 0 radical (unpaired) electrons. The van der Waals surface area contributed by atoms with E-state index in [-0.39, 0.29) is 0 Å². The van der Waals surface area contributed by atoms with Crippen molar-refractivity contribution >= 4 is 32.3 Å². The third-order valence-electron chi connectivity index (χ3n) is 11.0. The zero-order chi connectivity index (χ0) is 35.8. The van der Waals surface area contributed by atoms with Gasteiger partial charge < -0.3 is 0 Å². The Hall–Kier alpha value is -6.64. The number of benzene rings is 8. The number of aromatic nitrogens is 2. The van der Waals surface area contributed by atoms with Crippen LogP contribution in [-0.2, 0) is 0 Å². The summed E-state index contributed by atoms with van der Waals surface area (Å²) in [6.07, 6.45) is 8.06. The van der Waals surface area contributed by atoms with Crippen LogP contribution in [0.15, 0.2) is 188 Å². The Morgan fingerprint density at radius 2 is 0.889 bits per heavy atom. The summed E-state index contributed by atoms with van der Waals surface area (Å²) in [4.78, 5) is 10.4. The van der Waals surface area contributed by atoms with E-state index in [9.17, 15) is 0 Å². The van der Waals surface area contributed by atoms with Gasteiger partial charge in [-0.3, -0.25) is 0 Å². The highest BCUT2D eigenvalue weighted by Gasteiger charge is 2.18. The first kappa shape index (κ1) is 32.0. The van der Waals surface area contributed by atoms with Crippen molar-refractivity contribution in [3.05, 3.63) is 194 Å². The van der Waals surface area contributed by atoms with Gasteiger partial charge in [-0.15, -0.1) is 0 Å². The van der Waals surface area contributed by atoms with Crippen LogP contribution < -0.4 is 0 Å². The van der Waals surface area contributed by atoms with Gasteiger partial charge in [0.25, 0.3) is 0 Å². The third kappa shape index (κ3) is 5.96. The maximum atomic E-state index is 5.23. The molecule has 10 rings (SSSR count). The average molecular weight is 691 g/mol.